The lowest BCUT2D eigenvalue weighted by atomic mass is 9.93. The molecule has 8 nitrogen and oxygen atoms in total. The number of aromatic nitrogens is 2. The number of amides is 1. The van der Waals surface area contributed by atoms with Crippen LogP contribution in [0, 0.1) is 6.92 Å². The Hall–Kier alpha value is -4.25. The molecule has 10 heteroatoms. The zero-order valence-electron chi connectivity index (χ0n) is 30.2. The SMILES string of the molecule is CCCCN(CCCC)C(O)c1cc(C)n(-c2ccc(N[Si]c3ccc(-c4ccc(Cl)cc4)cc3)cc2C(=O)N2Cc3ccccc3C[C@H]2CO)n1. The zero-order valence-corrected chi connectivity index (χ0v) is 32.0. The van der Waals surface area contributed by atoms with Gasteiger partial charge in [0.25, 0.3) is 5.91 Å². The lowest BCUT2D eigenvalue weighted by Gasteiger charge is -2.36. The number of nitrogens with one attached hydrogen (secondary N) is 1. The van der Waals surface area contributed by atoms with E-state index in [0.29, 0.717) is 34.9 Å². The normalized spacial score (nSPS) is 14.8. The summed E-state index contributed by atoms with van der Waals surface area (Å²) in [6.07, 6.45) is 3.81. The minimum Gasteiger partial charge on any atom is -0.408 e. The van der Waals surface area contributed by atoms with Gasteiger partial charge in [-0.15, -0.1) is 0 Å². The first-order valence-electron chi connectivity index (χ1n) is 18.3. The van der Waals surface area contributed by atoms with Gasteiger partial charge in [-0.1, -0.05) is 99.0 Å². The van der Waals surface area contributed by atoms with E-state index >= 15 is 0 Å². The van der Waals surface area contributed by atoms with Gasteiger partial charge in [0.1, 0.15) is 5.69 Å². The number of carbonyl (C=O) groups excluding carboxylic acids is 1. The molecule has 0 aliphatic carbocycles. The third kappa shape index (κ3) is 8.68. The van der Waals surface area contributed by atoms with E-state index in [4.69, 9.17) is 16.7 Å². The van der Waals surface area contributed by atoms with Crippen LogP contribution < -0.4 is 10.2 Å². The Kier molecular flexibility index (Phi) is 12.6. The van der Waals surface area contributed by atoms with Crippen molar-refractivity contribution in [3.8, 4) is 16.8 Å². The second-order valence-corrected chi connectivity index (χ2v) is 15.1. The molecule has 2 atom stereocenters. The van der Waals surface area contributed by atoms with Crippen LogP contribution in [-0.2, 0) is 13.0 Å². The van der Waals surface area contributed by atoms with Crippen LogP contribution in [0.25, 0.3) is 16.8 Å². The number of hydrogen-bond donors (Lipinski definition) is 3. The van der Waals surface area contributed by atoms with E-state index in [9.17, 15) is 15.0 Å². The van der Waals surface area contributed by atoms with Gasteiger partial charge >= 0.3 is 0 Å². The number of rotatable bonds is 15. The van der Waals surface area contributed by atoms with Crippen molar-refractivity contribution in [2.45, 2.75) is 71.7 Å². The third-order valence-corrected chi connectivity index (χ3v) is 11.1. The average Bonchev–Trinajstić information content (AvgIpc) is 3.57. The number of unbranched alkanes of at least 4 members (excludes halogenated alkanes) is 2. The summed E-state index contributed by atoms with van der Waals surface area (Å²) in [5, 5.41) is 28.7. The summed E-state index contributed by atoms with van der Waals surface area (Å²) in [5.74, 6) is -0.174. The maximum atomic E-state index is 14.7. The summed E-state index contributed by atoms with van der Waals surface area (Å²) in [5.41, 5.74) is 7.75. The molecule has 52 heavy (non-hydrogen) atoms. The first-order valence-corrected chi connectivity index (χ1v) is 19.7. The van der Waals surface area contributed by atoms with E-state index in [1.54, 1.807) is 9.58 Å². The summed E-state index contributed by atoms with van der Waals surface area (Å²) >= 11 is 6.08. The standard InChI is InChI=1S/C42H48ClN5O3Si/c1-4-6-22-46(23-7-5-2)42(51)39-24-29(3)48(44-39)40-21-18-35(45-52-37-19-14-31(15-20-37)30-12-16-34(43)17-13-30)26-38(40)41(50)47-27-33-11-9-8-10-32(33)25-36(47)28-49/h8-21,24,26,36,42,45,49,51H,4-7,22-23,25,27-28H2,1-3H3/t36-,42?/m0/s1. The van der Waals surface area contributed by atoms with Crippen molar-refractivity contribution in [1.29, 1.82) is 0 Å². The van der Waals surface area contributed by atoms with E-state index in [0.717, 1.165) is 77.6 Å². The third-order valence-electron chi connectivity index (χ3n) is 9.81. The molecule has 4 aromatic carbocycles. The molecule has 5 aromatic rings. The highest BCUT2D eigenvalue weighted by molar-refractivity contribution is 6.56. The van der Waals surface area contributed by atoms with E-state index in [-0.39, 0.29) is 28.2 Å². The van der Waals surface area contributed by atoms with Gasteiger partial charge < -0.3 is 20.1 Å². The summed E-state index contributed by atoms with van der Waals surface area (Å²) in [7, 11) is 0.262. The Balaban J connectivity index is 1.31. The van der Waals surface area contributed by atoms with Crippen molar-refractivity contribution in [3.05, 3.63) is 130 Å². The van der Waals surface area contributed by atoms with Crippen LogP contribution in [0.2, 0.25) is 5.02 Å². The van der Waals surface area contributed by atoms with Gasteiger partial charge in [-0.25, -0.2) is 4.68 Å². The molecule has 1 aliphatic heterocycles. The predicted molar refractivity (Wildman–Crippen MR) is 211 cm³/mol. The van der Waals surface area contributed by atoms with Crippen LogP contribution in [0.3, 0.4) is 0 Å². The van der Waals surface area contributed by atoms with Gasteiger partial charge in [-0.05, 0) is 90.0 Å². The largest absolute Gasteiger partial charge is 0.408 e. The van der Waals surface area contributed by atoms with Gasteiger partial charge in [-0.3, -0.25) is 9.69 Å². The second-order valence-electron chi connectivity index (χ2n) is 13.5. The van der Waals surface area contributed by atoms with Crippen molar-refractivity contribution in [2.24, 2.45) is 0 Å². The van der Waals surface area contributed by atoms with Gasteiger partial charge in [-0.2, -0.15) is 5.10 Å². The topological polar surface area (TPSA) is 93.9 Å². The fourth-order valence-corrected chi connectivity index (χ4v) is 7.68. The number of anilines is 1. The molecule has 0 bridgehead atoms. The predicted octanol–water partition coefficient (Wildman–Crippen LogP) is 7.31. The summed E-state index contributed by atoms with van der Waals surface area (Å²) in [4.78, 5) is 22.1. The number of fused-ring (bicyclic) bond motifs is 1. The van der Waals surface area contributed by atoms with Gasteiger partial charge in [0.2, 0.25) is 9.68 Å². The van der Waals surface area contributed by atoms with Crippen molar-refractivity contribution < 1.29 is 15.0 Å². The van der Waals surface area contributed by atoms with E-state index in [1.807, 2.05) is 67.6 Å². The quantitative estimate of drug-likeness (QED) is 0.0772. The molecule has 3 N–H and O–H groups in total. The van der Waals surface area contributed by atoms with Crippen molar-refractivity contribution in [3.63, 3.8) is 0 Å². The molecular formula is C42H48ClN5O3Si. The molecule has 2 radical (unpaired) electrons. The molecule has 0 spiro atoms. The molecule has 0 fully saturated rings. The lowest BCUT2D eigenvalue weighted by Crippen LogP contribution is -2.46. The van der Waals surface area contributed by atoms with E-state index in [1.165, 1.54) is 0 Å². The molecule has 1 aromatic heterocycles. The van der Waals surface area contributed by atoms with Crippen LogP contribution >= 0.6 is 11.6 Å². The molecule has 1 amide bonds. The number of aryl methyl sites for hydroxylation is 1. The van der Waals surface area contributed by atoms with Crippen LogP contribution in [0.4, 0.5) is 5.69 Å². The van der Waals surface area contributed by atoms with E-state index in [2.05, 4.69) is 60.1 Å². The minimum atomic E-state index is -0.845. The molecule has 1 unspecified atom stereocenters. The molecule has 2 heterocycles. The highest BCUT2D eigenvalue weighted by Crippen LogP contribution is 2.30. The summed E-state index contributed by atoms with van der Waals surface area (Å²) in [6, 6.07) is 31.7. The van der Waals surface area contributed by atoms with Crippen molar-refractivity contribution in [2.75, 3.05) is 24.7 Å². The number of benzene rings is 4. The Labute approximate surface area is 315 Å². The van der Waals surface area contributed by atoms with Gasteiger partial charge in [0, 0.05) is 36.0 Å². The minimum absolute atomic E-state index is 0.136. The number of carbonyl (C=O) groups is 1. The molecule has 0 saturated heterocycles. The maximum Gasteiger partial charge on any atom is 0.256 e. The average molecular weight is 734 g/mol. The smallest absolute Gasteiger partial charge is 0.256 e. The first kappa shape index (κ1) is 37.5. The second kappa shape index (κ2) is 17.5. The van der Waals surface area contributed by atoms with Crippen LogP contribution in [0.1, 0.15) is 78.6 Å². The Morgan fingerprint density at radius 3 is 2.25 bits per heavy atom. The Morgan fingerprint density at radius 1 is 0.942 bits per heavy atom. The number of halogens is 1. The number of aliphatic hydroxyl groups excluding tert-OH is 2. The van der Waals surface area contributed by atoms with Gasteiger partial charge in [0.05, 0.1) is 23.9 Å². The van der Waals surface area contributed by atoms with Crippen LogP contribution in [-0.4, -0.2) is 71.1 Å². The zero-order chi connectivity index (χ0) is 36.6. The van der Waals surface area contributed by atoms with Crippen LogP contribution in [0.5, 0.6) is 0 Å². The van der Waals surface area contributed by atoms with E-state index < -0.39 is 6.23 Å². The fourth-order valence-electron chi connectivity index (χ4n) is 6.78. The molecular weight excluding hydrogens is 686 g/mol. The maximum absolute atomic E-state index is 14.7. The molecule has 6 rings (SSSR count). The highest BCUT2D eigenvalue weighted by atomic mass is 35.5. The van der Waals surface area contributed by atoms with Gasteiger partial charge in [0.15, 0.2) is 6.23 Å². The molecule has 1 aliphatic rings. The van der Waals surface area contributed by atoms with Crippen molar-refractivity contribution in [1.82, 2.24) is 19.6 Å². The number of hydrogen-bond acceptors (Lipinski definition) is 6. The van der Waals surface area contributed by atoms with Crippen molar-refractivity contribution >= 4 is 38.1 Å². The monoisotopic (exact) mass is 733 g/mol. The lowest BCUT2D eigenvalue weighted by molar-refractivity contribution is -0.00351. The first-order chi connectivity index (χ1) is 25.3. The molecule has 0 saturated carbocycles. The summed E-state index contributed by atoms with van der Waals surface area (Å²) < 4.78 is 1.77. The number of nitrogens with zero attached hydrogens (tertiary/aromatic N) is 4. The fraction of sp³-hybridized carbons (Fsp3) is 0.333. The summed E-state index contributed by atoms with van der Waals surface area (Å²) in [6.45, 7) is 8.11. The van der Waals surface area contributed by atoms with Crippen LogP contribution in [0.15, 0.2) is 97.1 Å². The number of aliphatic hydroxyl groups is 2. The highest BCUT2D eigenvalue weighted by Gasteiger charge is 2.32. The Morgan fingerprint density at radius 2 is 1.60 bits per heavy atom. The molecule has 270 valence electrons. The Bertz CT molecular complexity index is 1940.